The molecule has 2 aromatic carbocycles. The SMILES string of the molecule is COC(=O)N[C@H](C(=O)N1CCC[C@H]1C1Nc2ccc3cc(-c4ncc(-c5cnc([C@@H]6CCCN6C(=O)CNO)[nH]5)o4)ccc3c2N1)C(C)C. The minimum absolute atomic E-state index is 0.0972. The van der Waals surface area contributed by atoms with Crippen LogP contribution in [0.25, 0.3) is 33.7 Å². The van der Waals surface area contributed by atoms with Gasteiger partial charge in [-0.05, 0) is 55.2 Å². The van der Waals surface area contributed by atoms with Crippen LogP contribution in [-0.2, 0) is 14.3 Å². The number of fused-ring (bicyclic) bond motifs is 3. The van der Waals surface area contributed by atoms with Gasteiger partial charge in [0.05, 0.1) is 49.5 Å². The van der Waals surface area contributed by atoms with Gasteiger partial charge < -0.3 is 45.1 Å². The number of benzene rings is 2. The third kappa shape index (κ3) is 6.15. The van der Waals surface area contributed by atoms with E-state index in [1.807, 2.05) is 54.6 Å². The molecule has 0 radical (unpaired) electrons. The van der Waals surface area contributed by atoms with Gasteiger partial charge in [0, 0.05) is 24.0 Å². The first kappa shape index (κ1) is 32.4. The quantitative estimate of drug-likeness (QED) is 0.141. The molecule has 258 valence electrons. The van der Waals surface area contributed by atoms with E-state index in [9.17, 15) is 14.4 Å². The van der Waals surface area contributed by atoms with Crippen molar-refractivity contribution in [2.24, 2.45) is 5.92 Å². The third-order valence-electron chi connectivity index (χ3n) is 9.72. The maximum Gasteiger partial charge on any atom is 0.407 e. The molecule has 2 saturated heterocycles. The maximum absolute atomic E-state index is 13.6. The molecule has 4 aromatic rings. The Balaban J connectivity index is 1.06. The van der Waals surface area contributed by atoms with Crippen molar-refractivity contribution >= 4 is 40.1 Å². The molecular weight excluding hydrogens is 630 g/mol. The molecule has 7 rings (SSSR count). The lowest BCUT2D eigenvalue weighted by Crippen LogP contribution is -2.56. The number of hydrogen-bond donors (Lipinski definition) is 6. The molecule has 49 heavy (non-hydrogen) atoms. The zero-order valence-corrected chi connectivity index (χ0v) is 27.7. The number of oxazole rings is 1. The van der Waals surface area contributed by atoms with E-state index in [4.69, 9.17) is 14.4 Å². The average molecular weight is 672 g/mol. The number of H-pyrrole nitrogens is 1. The number of hydroxylamine groups is 1. The van der Waals surface area contributed by atoms with Gasteiger partial charge in [0.2, 0.25) is 17.7 Å². The summed E-state index contributed by atoms with van der Waals surface area (Å²) >= 11 is 0. The first-order chi connectivity index (χ1) is 23.7. The van der Waals surface area contributed by atoms with Crippen LogP contribution in [0.1, 0.15) is 51.4 Å². The van der Waals surface area contributed by atoms with Crippen LogP contribution in [-0.4, -0.2) is 92.9 Å². The standard InChI is InChI=1S/C34H41N9O6/c1-18(2)28(41-34(46)48-3)33(45)43-13-5-7-25(43)31-38-22-11-9-19-14-20(8-10-21(19)29(22)40-31)32-36-16-26(49-32)23-15-35-30(39-23)24-6-4-12-42(24)27(44)17-37-47/h8-11,14-16,18,24-25,28,31,37-38,40,47H,4-7,12-13,17H2,1-3H3,(H,35,39)(H,41,46)/t24-,25-,28-,31?/m0/s1. The number of amides is 3. The molecular formula is C34H41N9O6. The molecule has 0 aliphatic carbocycles. The van der Waals surface area contributed by atoms with Gasteiger partial charge in [-0.3, -0.25) is 9.59 Å². The largest absolute Gasteiger partial charge is 0.453 e. The minimum atomic E-state index is -0.675. The lowest BCUT2D eigenvalue weighted by Gasteiger charge is -2.33. The Hall–Kier alpha value is -5.15. The number of ether oxygens (including phenoxy) is 1. The molecule has 2 aromatic heterocycles. The number of methoxy groups -OCH3 is 1. The summed E-state index contributed by atoms with van der Waals surface area (Å²) in [5, 5.41) is 20.9. The second-order valence-corrected chi connectivity index (χ2v) is 13.1. The van der Waals surface area contributed by atoms with Crippen molar-refractivity contribution in [2.45, 2.75) is 63.8 Å². The summed E-state index contributed by atoms with van der Waals surface area (Å²) in [5.41, 5.74) is 5.34. The highest BCUT2D eigenvalue weighted by molar-refractivity contribution is 6.03. The summed E-state index contributed by atoms with van der Waals surface area (Å²) in [5.74, 6) is 1.26. The minimum Gasteiger partial charge on any atom is -0.453 e. The first-order valence-electron chi connectivity index (χ1n) is 16.7. The van der Waals surface area contributed by atoms with Crippen LogP contribution in [0.15, 0.2) is 47.1 Å². The van der Waals surface area contributed by atoms with E-state index in [2.05, 4.69) is 30.9 Å². The molecule has 4 atom stereocenters. The van der Waals surface area contributed by atoms with E-state index in [1.165, 1.54) is 7.11 Å². The van der Waals surface area contributed by atoms with Crippen LogP contribution >= 0.6 is 0 Å². The van der Waals surface area contributed by atoms with E-state index in [0.717, 1.165) is 53.4 Å². The van der Waals surface area contributed by atoms with Gasteiger partial charge in [0.25, 0.3) is 0 Å². The van der Waals surface area contributed by atoms with E-state index >= 15 is 0 Å². The van der Waals surface area contributed by atoms with Crippen molar-refractivity contribution in [2.75, 3.05) is 37.4 Å². The van der Waals surface area contributed by atoms with E-state index in [0.29, 0.717) is 36.3 Å². The Kier molecular flexibility index (Phi) is 8.86. The molecule has 3 aliphatic rings. The van der Waals surface area contributed by atoms with Gasteiger partial charge in [-0.1, -0.05) is 26.0 Å². The first-order valence-corrected chi connectivity index (χ1v) is 16.7. The molecule has 3 amide bonds. The molecule has 3 aliphatic heterocycles. The number of aromatic nitrogens is 3. The Morgan fingerprint density at radius 3 is 2.67 bits per heavy atom. The second kappa shape index (κ2) is 13.4. The van der Waals surface area contributed by atoms with E-state index < -0.39 is 12.1 Å². The second-order valence-electron chi connectivity index (χ2n) is 13.1. The molecule has 0 bridgehead atoms. The molecule has 15 heteroatoms. The lowest BCUT2D eigenvalue weighted by atomic mass is 10.0. The van der Waals surface area contributed by atoms with E-state index in [1.54, 1.807) is 17.3 Å². The number of carbonyl (C=O) groups excluding carboxylic acids is 3. The van der Waals surface area contributed by atoms with Gasteiger partial charge >= 0.3 is 6.09 Å². The zero-order chi connectivity index (χ0) is 34.2. The molecule has 5 heterocycles. The number of aromatic amines is 1. The average Bonchev–Trinajstić information content (AvgIpc) is 3.94. The van der Waals surface area contributed by atoms with Crippen molar-refractivity contribution in [3.8, 4) is 22.9 Å². The van der Waals surface area contributed by atoms with Crippen LogP contribution in [0.5, 0.6) is 0 Å². The predicted molar refractivity (Wildman–Crippen MR) is 180 cm³/mol. The van der Waals surface area contributed by atoms with Crippen molar-refractivity contribution in [3.05, 3.63) is 48.5 Å². The number of alkyl carbamates (subject to hydrolysis) is 1. The maximum atomic E-state index is 13.6. The van der Waals surface area contributed by atoms with Gasteiger partial charge in [-0.15, -0.1) is 0 Å². The molecule has 1 unspecified atom stereocenters. The molecule has 0 saturated carbocycles. The number of nitrogens with one attached hydrogen (secondary N) is 5. The lowest BCUT2D eigenvalue weighted by molar-refractivity contribution is -0.135. The summed E-state index contributed by atoms with van der Waals surface area (Å²) in [6.07, 6.45) is 5.87. The fourth-order valence-electron chi connectivity index (χ4n) is 7.26. The predicted octanol–water partition coefficient (Wildman–Crippen LogP) is 4.06. The summed E-state index contributed by atoms with van der Waals surface area (Å²) in [6.45, 7) is 4.90. The highest BCUT2D eigenvalue weighted by Crippen LogP contribution is 2.40. The number of nitrogens with zero attached hydrogens (tertiary/aromatic N) is 4. The summed E-state index contributed by atoms with van der Waals surface area (Å²) in [4.78, 5) is 54.0. The molecule has 0 spiro atoms. The molecule has 6 N–H and O–H groups in total. The van der Waals surface area contributed by atoms with Crippen molar-refractivity contribution in [3.63, 3.8) is 0 Å². The van der Waals surface area contributed by atoms with Gasteiger partial charge in [0.15, 0.2) is 5.76 Å². The molecule has 15 nitrogen and oxygen atoms in total. The highest BCUT2D eigenvalue weighted by Gasteiger charge is 2.41. The van der Waals surface area contributed by atoms with Crippen LogP contribution < -0.4 is 21.4 Å². The normalized spacial score (nSPS) is 20.7. The number of rotatable bonds is 9. The monoisotopic (exact) mass is 671 g/mol. The van der Waals surface area contributed by atoms with Crippen molar-refractivity contribution in [1.29, 1.82) is 0 Å². The van der Waals surface area contributed by atoms with E-state index in [-0.39, 0.29) is 42.5 Å². The van der Waals surface area contributed by atoms with Crippen LogP contribution in [0, 0.1) is 5.92 Å². The van der Waals surface area contributed by atoms with Crippen LogP contribution in [0.4, 0.5) is 16.2 Å². The summed E-state index contributed by atoms with van der Waals surface area (Å²) in [6, 6.07) is 9.16. The third-order valence-corrected chi connectivity index (χ3v) is 9.72. The number of likely N-dealkylation sites (tertiary alicyclic amines) is 2. The Labute approximate surface area is 282 Å². The fraction of sp³-hybridized carbons (Fsp3) is 0.441. The van der Waals surface area contributed by atoms with Crippen LogP contribution in [0.3, 0.4) is 0 Å². The van der Waals surface area contributed by atoms with Gasteiger partial charge in [-0.25, -0.2) is 14.8 Å². The smallest absolute Gasteiger partial charge is 0.407 e. The Morgan fingerprint density at radius 1 is 1.06 bits per heavy atom. The van der Waals surface area contributed by atoms with Crippen LogP contribution in [0.2, 0.25) is 0 Å². The summed E-state index contributed by atoms with van der Waals surface area (Å²) < 4.78 is 10.9. The zero-order valence-electron chi connectivity index (χ0n) is 27.7. The van der Waals surface area contributed by atoms with Crippen molar-refractivity contribution in [1.82, 2.24) is 35.5 Å². The van der Waals surface area contributed by atoms with Crippen molar-refractivity contribution < 1.29 is 28.7 Å². The molecule has 2 fully saturated rings. The Morgan fingerprint density at radius 2 is 1.88 bits per heavy atom. The fourth-order valence-corrected chi connectivity index (χ4v) is 7.26. The topological polar surface area (TPSA) is 190 Å². The number of hydrogen-bond acceptors (Lipinski definition) is 11. The highest BCUT2D eigenvalue weighted by atomic mass is 16.5. The number of anilines is 2. The number of carbonyl (C=O) groups is 3. The number of imidazole rings is 1. The summed E-state index contributed by atoms with van der Waals surface area (Å²) in [7, 11) is 1.29. The Bertz CT molecular complexity index is 1870. The van der Waals surface area contributed by atoms with Gasteiger partial charge in [-0.2, -0.15) is 5.48 Å². The van der Waals surface area contributed by atoms with Gasteiger partial charge in [0.1, 0.15) is 23.7 Å².